The van der Waals surface area contributed by atoms with E-state index >= 15 is 0 Å². The van der Waals surface area contributed by atoms with Crippen molar-refractivity contribution in [2.45, 2.75) is 0 Å². The molecule has 1 aromatic heterocycles. The Bertz CT molecular complexity index is 1150. The number of hydrogen-bond donors (Lipinski definition) is 0. The first-order chi connectivity index (χ1) is 14.2. The average Bonchev–Trinajstić information content (AvgIpc) is 3.21. The molecule has 4 rings (SSSR count). The molecule has 0 aliphatic rings. The molecule has 6 heteroatoms. The summed E-state index contributed by atoms with van der Waals surface area (Å²) < 4.78 is 11.4. The number of methoxy groups -OCH3 is 1. The maximum Gasteiger partial charge on any atom is 0.339 e. The van der Waals surface area contributed by atoms with E-state index in [9.17, 15) is 9.59 Å². The number of para-hydroxylation sites is 1. The second-order valence-corrected chi connectivity index (χ2v) is 7.29. The Labute approximate surface area is 171 Å². The lowest BCUT2D eigenvalue weighted by molar-refractivity contribution is 0.0475. The standard InChI is InChI=1S/C23H17NO4S/c1-27-16-12-10-15(11-13-16)20(25)14-28-23(26)18-7-3-2-6-17(18)22-24-19-8-4-5-9-21(19)29-22/h2-13H,14H2,1H3. The topological polar surface area (TPSA) is 65.5 Å². The minimum absolute atomic E-state index is 0.279. The monoisotopic (exact) mass is 403 g/mol. The van der Waals surface area contributed by atoms with Crippen LogP contribution in [0.25, 0.3) is 20.8 Å². The Kier molecular flexibility index (Phi) is 5.35. The summed E-state index contributed by atoms with van der Waals surface area (Å²) in [6.45, 7) is -0.334. The molecule has 0 radical (unpaired) electrons. The zero-order valence-corrected chi connectivity index (χ0v) is 16.4. The van der Waals surface area contributed by atoms with Crippen LogP contribution in [0.3, 0.4) is 0 Å². The fourth-order valence-corrected chi connectivity index (χ4v) is 3.91. The van der Waals surface area contributed by atoms with E-state index < -0.39 is 5.97 Å². The second kappa shape index (κ2) is 8.24. The molecule has 0 saturated heterocycles. The summed E-state index contributed by atoms with van der Waals surface area (Å²) in [5.41, 5.74) is 2.41. The SMILES string of the molecule is COc1ccc(C(=O)COC(=O)c2ccccc2-c2nc3ccccc3s2)cc1. The van der Waals surface area contributed by atoms with Crippen LogP contribution in [0.15, 0.2) is 72.8 Å². The van der Waals surface area contributed by atoms with Gasteiger partial charge in [0.1, 0.15) is 10.8 Å². The molecule has 0 fully saturated rings. The number of ketones is 1. The quantitative estimate of drug-likeness (QED) is 0.334. The van der Waals surface area contributed by atoms with Gasteiger partial charge in [-0.15, -0.1) is 11.3 Å². The molecule has 0 unspecified atom stereocenters. The van der Waals surface area contributed by atoms with Gasteiger partial charge >= 0.3 is 5.97 Å². The van der Waals surface area contributed by atoms with E-state index in [2.05, 4.69) is 4.98 Å². The summed E-state index contributed by atoms with van der Waals surface area (Å²) >= 11 is 1.51. The third-order valence-electron chi connectivity index (χ3n) is 4.42. The summed E-state index contributed by atoms with van der Waals surface area (Å²) in [6, 6.07) is 21.6. The van der Waals surface area contributed by atoms with Crippen LogP contribution < -0.4 is 4.74 Å². The number of nitrogens with zero attached hydrogens (tertiary/aromatic N) is 1. The molecule has 1 heterocycles. The molecule has 0 atom stereocenters. The zero-order valence-electron chi connectivity index (χ0n) is 15.6. The predicted octanol–water partition coefficient (Wildman–Crippen LogP) is 5.01. The van der Waals surface area contributed by atoms with Gasteiger partial charge < -0.3 is 9.47 Å². The minimum Gasteiger partial charge on any atom is -0.497 e. The van der Waals surface area contributed by atoms with E-state index in [0.717, 1.165) is 15.2 Å². The van der Waals surface area contributed by atoms with Crippen molar-refractivity contribution < 1.29 is 19.1 Å². The van der Waals surface area contributed by atoms with Crippen molar-refractivity contribution in [3.8, 4) is 16.3 Å². The summed E-state index contributed by atoms with van der Waals surface area (Å²) in [7, 11) is 1.56. The van der Waals surface area contributed by atoms with Crippen LogP contribution in [0.2, 0.25) is 0 Å². The first kappa shape index (κ1) is 18.8. The number of ether oxygens (including phenoxy) is 2. The van der Waals surface area contributed by atoms with Gasteiger partial charge in [-0.2, -0.15) is 0 Å². The van der Waals surface area contributed by atoms with Crippen molar-refractivity contribution in [3.05, 3.63) is 83.9 Å². The van der Waals surface area contributed by atoms with Gasteiger partial charge in [-0.3, -0.25) is 4.79 Å². The lowest BCUT2D eigenvalue weighted by Crippen LogP contribution is -2.15. The number of carbonyl (C=O) groups is 2. The smallest absolute Gasteiger partial charge is 0.339 e. The largest absolute Gasteiger partial charge is 0.497 e. The summed E-state index contributed by atoms with van der Waals surface area (Å²) in [6.07, 6.45) is 0. The van der Waals surface area contributed by atoms with Gasteiger partial charge in [-0.05, 0) is 42.5 Å². The first-order valence-electron chi connectivity index (χ1n) is 8.95. The van der Waals surface area contributed by atoms with Crippen molar-refractivity contribution >= 4 is 33.3 Å². The number of benzene rings is 3. The first-order valence-corrected chi connectivity index (χ1v) is 9.76. The van der Waals surface area contributed by atoms with Crippen LogP contribution in [-0.2, 0) is 4.74 Å². The highest BCUT2D eigenvalue weighted by Gasteiger charge is 2.18. The lowest BCUT2D eigenvalue weighted by Gasteiger charge is -2.08. The number of Topliss-reactive ketones (excluding diaryl/α,β-unsaturated/α-hetero) is 1. The fraction of sp³-hybridized carbons (Fsp3) is 0.0870. The fourth-order valence-electron chi connectivity index (χ4n) is 2.90. The van der Waals surface area contributed by atoms with Crippen LogP contribution in [-0.4, -0.2) is 30.5 Å². The van der Waals surface area contributed by atoms with E-state index in [0.29, 0.717) is 22.4 Å². The molecule has 0 amide bonds. The Morgan fingerprint density at radius 1 is 0.931 bits per heavy atom. The number of rotatable bonds is 6. The maximum atomic E-state index is 12.7. The molecule has 0 N–H and O–H groups in total. The summed E-state index contributed by atoms with van der Waals surface area (Å²) in [4.78, 5) is 29.6. The van der Waals surface area contributed by atoms with E-state index in [1.54, 1.807) is 43.5 Å². The van der Waals surface area contributed by atoms with Gasteiger partial charge in [0.15, 0.2) is 12.4 Å². The average molecular weight is 403 g/mol. The van der Waals surface area contributed by atoms with Gasteiger partial charge in [-0.25, -0.2) is 9.78 Å². The van der Waals surface area contributed by atoms with E-state index in [4.69, 9.17) is 9.47 Å². The molecule has 29 heavy (non-hydrogen) atoms. The van der Waals surface area contributed by atoms with E-state index in [1.165, 1.54) is 11.3 Å². The van der Waals surface area contributed by atoms with Crippen molar-refractivity contribution in [2.75, 3.05) is 13.7 Å². The van der Waals surface area contributed by atoms with Crippen molar-refractivity contribution in [2.24, 2.45) is 0 Å². The Morgan fingerprint density at radius 3 is 2.41 bits per heavy atom. The molecule has 3 aromatic carbocycles. The number of esters is 1. The normalized spacial score (nSPS) is 10.7. The number of thiazole rings is 1. The van der Waals surface area contributed by atoms with Gasteiger partial charge in [0, 0.05) is 11.1 Å². The van der Waals surface area contributed by atoms with Gasteiger partial charge in [0.25, 0.3) is 0 Å². The zero-order chi connectivity index (χ0) is 20.2. The van der Waals surface area contributed by atoms with Crippen molar-refractivity contribution in [3.63, 3.8) is 0 Å². The number of carbonyl (C=O) groups excluding carboxylic acids is 2. The van der Waals surface area contributed by atoms with Crippen LogP contribution in [0, 0.1) is 0 Å². The highest BCUT2D eigenvalue weighted by Crippen LogP contribution is 2.32. The van der Waals surface area contributed by atoms with Gasteiger partial charge in [-0.1, -0.05) is 30.3 Å². The van der Waals surface area contributed by atoms with Crippen LogP contribution in [0.1, 0.15) is 20.7 Å². The molecule has 144 valence electrons. The molecule has 0 spiro atoms. The number of aromatic nitrogens is 1. The lowest BCUT2D eigenvalue weighted by atomic mass is 10.1. The van der Waals surface area contributed by atoms with Crippen LogP contribution in [0.4, 0.5) is 0 Å². The number of fused-ring (bicyclic) bond motifs is 1. The third kappa shape index (κ3) is 4.02. The molecule has 0 saturated carbocycles. The maximum absolute atomic E-state index is 12.7. The van der Waals surface area contributed by atoms with E-state index in [-0.39, 0.29) is 12.4 Å². The highest BCUT2D eigenvalue weighted by atomic mass is 32.1. The highest BCUT2D eigenvalue weighted by molar-refractivity contribution is 7.21. The van der Waals surface area contributed by atoms with Crippen molar-refractivity contribution in [1.29, 1.82) is 0 Å². The Balaban J connectivity index is 1.52. The molecule has 4 aromatic rings. The molecule has 0 bridgehead atoms. The van der Waals surface area contributed by atoms with Crippen LogP contribution in [0.5, 0.6) is 5.75 Å². The van der Waals surface area contributed by atoms with E-state index in [1.807, 2.05) is 36.4 Å². The molecule has 0 aliphatic carbocycles. The Morgan fingerprint density at radius 2 is 1.66 bits per heavy atom. The molecule has 0 aliphatic heterocycles. The third-order valence-corrected chi connectivity index (χ3v) is 5.49. The second-order valence-electron chi connectivity index (χ2n) is 6.26. The van der Waals surface area contributed by atoms with Gasteiger partial charge in [0.05, 0.1) is 22.9 Å². The molecular formula is C23H17NO4S. The minimum atomic E-state index is -0.554. The number of hydrogen-bond acceptors (Lipinski definition) is 6. The molecule has 5 nitrogen and oxygen atoms in total. The van der Waals surface area contributed by atoms with Gasteiger partial charge in [0.2, 0.25) is 0 Å². The Hall–Kier alpha value is -3.51. The van der Waals surface area contributed by atoms with Crippen LogP contribution >= 0.6 is 11.3 Å². The summed E-state index contributed by atoms with van der Waals surface area (Å²) in [5, 5.41) is 0.736. The van der Waals surface area contributed by atoms with Crippen molar-refractivity contribution in [1.82, 2.24) is 4.98 Å². The summed E-state index contributed by atoms with van der Waals surface area (Å²) in [5.74, 6) is -0.177. The predicted molar refractivity (Wildman–Crippen MR) is 113 cm³/mol. The molecular weight excluding hydrogens is 386 g/mol.